The Morgan fingerprint density at radius 1 is 1.00 bits per heavy atom. The van der Waals surface area contributed by atoms with Crippen molar-refractivity contribution in [3.8, 4) is 0 Å². The van der Waals surface area contributed by atoms with Crippen LogP contribution in [0.2, 0.25) is 0 Å². The van der Waals surface area contributed by atoms with Crippen LogP contribution >= 0.6 is 0 Å². The molecule has 92 valence electrons. The Labute approximate surface area is 117 Å². The van der Waals surface area contributed by atoms with Gasteiger partial charge in [0, 0.05) is 29.5 Å². The molecule has 2 fully saturated rings. The molecule has 2 nitrogen and oxygen atoms in total. The number of aldehydes is 1. The standard InChI is InChI=1S/C8H12N.C6H5O.Fe/c1-9(2)7-8-5-3-4-6-8;7-5-6-3-1-2-4-6;/h3-6H,7H2,1-2H3;1-5H;. The van der Waals surface area contributed by atoms with Crippen molar-refractivity contribution in [3.63, 3.8) is 0 Å². The Morgan fingerprint density at radius 3 is 1.82 bits per heavy atom. The molecule has 2 aliphatic rings. The van der Waals surface area contributed by atoms with E-state index in [1.165, 1.54) is 5.92 Å². The Bertz CT molecular complexity index is 185. The van der Waals surface area contributed by atoms with E-state index in [4.69, 9.17) is 0 Å². The van der Waals surface area contributed by atoms with Crippen LogP contribution < -0.4 is 0 Å². The summed E-state index contributed by atoms with van der Waals surface area (Å²) >= 11 is 0. The molecule has 0 amide bonds. The van der Waals surface area contributed by atoms with E-state index in [-0.39, 0.29) is 17.1 Å². The van der Waals surface area contributed by atoms with Gasteiger partial charge in [0.2, 0.25) is 0 Å². The van der Waals surface area contributed by atoms with Crippen LogP contribution in [0.1, 0.15) is 0 Å². The van der Waals surface area contributed by atoms with E-state index in [0.29, 0.717) is 0 Å². The second-order valence-corrected chi connectivity index (χ2v) is 3.87. The van der Waals surface area contributed by atoms with Gasteiger partial charge in [0.25, 0.3) is 0 Å². The fraction of sp³-hybridized carbons (Fsp3) is 0.214. The molecular formula is C14H17FeNO. The smallest absolute Gasteiger partial charge is 0.127 e. The van der Waals surface area contributed by atoms with Crippen LogP contribution in [-0.4, -0.2) is 31.8 Å². The number of carbonyl (C=O) groups is 1. The van der Waals surface area contributed by atoms with Gasteiger partial charge < -0.3 is 9.69 Å². The van der Waals surface area contributed by atoms with E-state index in [1.54, 1.807) is 12.8 Å². The molecule has 0 unspecified atom stereocenters. The van der Waals surface area contributed by atoms with Crippen molar-refractivity contribution in [2.24, 2.45) is 0 Å². The monoisotopic (exact) mass is 271 g/mol. The van der Waals surface area contributed by atoms with Crippen molar-refractivity contribution in [1.29, 1.82) is 0 Å². The first-order valence-electron chi connectivity index (χ1n) is 5.24. The first-order chi connectivity index (χ1) is 7.72. The summed E-state index contributed by atoms with van der Waals surface area (Å²) in [4.78, 5) is 12.0. The van der Waals surface area contributed by atoms with Gasteiger partial charge in [-0.2, -0.15) is 0 Å². The van der Waals surface area contributed by atoms with Gasteiger partial charge in [0.05, 0.1) is 0 Å². The summed E-state index contributed by atoms with van der Waals surface area (Å²) in [5, 5.41) is 0. The van der Waals surface area contributed by atoms with E-state index in [0.717, 1.165) is 18.7 Å². The molecule has 0 spiro atoms. The molecule has 2 saturated carbocycles. The van der Waals surface area contributed by atoms with Gasteiger partial charge >= 0.3 is 0 Å². The maximum atomic E-state index is 9.87. The SMILES string of the molecule is CN(C)C[C]1[CH][CH][CH][CH]1.O=C[C]1[CH][CH][CH][CH]1.[Fe]. The minimum atomic E-state index is 0. The molecule has 17 heavy (non-hydrogen) atoms. The fourth-order valence-corrected chi connectivity index (χ4v) is 1.35. The van der Waals surface area contributed by atoms with Gasteiger partial charge in [0.1, 0.15) is 6.29 Å². The largest absolute Gasteiger partial charge is 0.309 e. The van der Waals surface area contributed by atoms with Crippen LogP contribution in [-0.2, 0) is 21.9 Å². The summed E-state index contributed by atoms with van der Waals surface area (Å²) in [6, 6.07) is 0. The molecule has 2 rings (SSSR count). The quantitative estimate of drug-likeness (QED) is 0.573. The van der Waals surface area contributed by atoms with Crippen molar-refractivity contribution in [2.45, 2.75) is 0 Å². The van der Waals surface area contributed by atoms with Gasteiger partial charge in [-0.3, -0.25) is 0 Å². The summed E-state index contributed by atoms with van der Waals surface area (Å²) in [5.74, 6) is 2.14. The number of carbonyl (C=O) groups excluding carboxylic acids is 1. The maximum Gasteiger partial charge on any atom is 0.127 e. The molecule has 0 N–H and O–H groups in total. The van der Waals surface area contributed by atoms with E-state index in [9.17, 15) is 4.79 Å². The van der Waals surface area contributed by atoms with Gasteiger partial charge in [0.15, 0.2) is 0 Å². The molecule has 0 aromatic heterocycles. The third kappa shape index (κ3) is 7.96. The van der Waals surface area contributed by atoms with E-state index in [1.807, 2.05) is 12.8 Å². The van der Waals surface area contributed by atoms with Crippen LogP contribution in [0.25, 0.3) is 0 Å². The summed E-state index contributed by atoms with van der Waals surface area (Å²) in [6.45, 7) is 1.05. The third-order valence-electron chi connectivity index (χ3n) is 2.06. The molecule has 10 radical (unpaired) electrons. The van der Waals surface area contributed by atoms with Gasteiger partial charge in [-0.15, -0.1) is 0 Å². The first-order valence-corrected chi connectivity index (χ1v) is 5.24. The third-order valence-corrected chi connectivity index (χ3v) is 2.06. The van der Waals surface area contributed by atoms with Crippen molar-refractivity contribution < 1.29 is 21.9 Å². The molecule has 0 heterocycles. The fourth-order valence-electron chi connectivity index (χ4n) is 1.35. The molecule has 3 heteroatoms. The second-order valence-electron chi connectivity index (χ2n) is 3.87. The van der Waals surface area contributed by atoms with Gasteiger partial charge in [-0.25, -0.2) is 0 Å². The van der Waals surface area contributed by atoms with Crippen LogP contribution in [0.4, 0.5) is 0 Å². The Hall–Kier alpha value is 0.149. The van der Waals surface area contributed by atoms with Gasteiger partial charge in [-0.1, -0.05) is 0 Å². The van der Waals surface area contributed by atoms with Crippen LogP contribution in [0.3, 0.4) is 0 Å². The normalized spacial score (nSPS) is 20.9. The van der Waals surface area contributed by atoms with Crippen LogP contribution in [0.5, 0.6) is 0 Å². The average Bonchev–Trinajstić information content (AvgIpc) is 2.88. The zero-order valence-corrected chi connectivity index (χ0v) is 11.2. The number of hydrogen-bond donors (Lipinski definition) is 0. The van der Waals surface area contributed by atoms with E-state index in [2.05, 4.69) is 44.7 Å². The molecule has 0 saturated heterocycles. The second kappa shape index (κ2) is 10.1. The molecular weight excluding hydrogens is 254 g/mol. The molecule has 0 aromatic rings. The Kier molecular flexibility index (Phi) is 10.2. The predicted molar refractivity (Wildman–Crippen MR) is 65.5 cm³/mol. The summed E-state index contributed by atoms with van der Waals surface area (Å²) < 4.78 is 0. The van der Waals surface area contributed by atoms with Crippen molar-refractivity contribution >= 4 is 6.29 Å². The number of nitrogens with zero attached hydrogens (tertiary/aromatic N) is 1. The zero-order chi connectivity index (χ0) is 11.8. The first kappa shape index (κ1) is 17.1. The van der Waals surface area contributed by atoms with E-state index >= 15 is 0 Å². The minimum absolute atomic E-state index is 0. The zero-order valence-electron chi connectivity index (χ0n) is 10.1. The number of rotatable bonds is 3. The summed E-state index contributed by atoms with van der Waals surface area (Å²) in [5.41, 5.74) is 0. The average molecular weight is 271 g/mol. The molecule has 2 aliphatic carbocycles. The molecule has 0 aliphatic heterocycles. The van der Waals surface area contributed by atoms with E-state index < -0.39 is 0 Å². The summed E-state index contributed by atoms with van der Waals surface area (Å²) in [6.07, 6.45) is 16.5. The Balaban J connectivity index is 0.000000292. The van der Waals surface area contributed by atoms with Crippen LogP contribution in [0, 0.1) is 63.2 Å². The molecule has 0 atom stereocenters. The number of hydrogen-bond acceptors (Lipinski definition) is 2. The molecule has 0 bridgehead atoms. The topological polar surface area (TPSA) is 20.3 Å². The van der Waals surface area contributed by atoms with Crippen molar-refractivity contribution in [1.82, 2.24) is 4.90 Å². The predicted octanol–water partition coefficient (Wildman–Crippen LogP) is 1.54. The van der Waals surface area contributed by atoms with Crippen molar-refractivity contribution in [3.05, 3.63) is 63.2 Å². The minimum Gasteiger partial charge on any atom is -0.309 e. The van der Waals surface area contributed by atoms with Crippen LogP contribution in [0.15, 0.2) is 0 Å². The Morgan fingerprint density at radius 2 is 1.47 bits per heavy atom. The summed E-state index contributed by atoms with van der Waals surface area (Å²) in [7, 11) is 4.15. The maximum absolute atomic E-state index is 9.87. The molecule has 0 aromatic carbocycles. The van der Waals surface area contributed by atoms with Gasteiger partial charge in [-0.05, 0) is 71.4 Å². The van der Waals surface area contributed by atoms with Crippen molar-refractivity contribution in [2.75, 3.05) is 20.6 Å².